The first-order chi connectivity index (χ1) is 12.6. The largest absolute Gasteiger partial charge is 0.494 e. The molecule has 0 radical (unpaired) electrons. The number of nitrogens with zero attached hydrogens (tertiary/aromatic N) is 1. The van der Waals surface area contributed by atoms with Crippen LogP contribution in [0.5, 0.6) is 11.5 Å². The van der Waals surface area contributed by atoms with Crippen LogP contribution in [-0.4, -0.2) is 35.6 Å². The highest BCUT2D eigenvalue weighted by molar-refractivity contribution is 5.77. The molecule has 0 aliphatic heterocycles. The van der Waals surface area contributed by atoms with Gasteiger partial charge in [0, 0.05) is 13.0 Å². The molecule has 0 spiro atoms. The van der Waals surface area contributed by atoms with Crippen molar-refractivity contribution in [2.24, 2.45) is 0 Å². The minimum atomic E-state index is -0.313. The summed E-state index contributed by atoms with van der Waals surface area (Å²) in [5.74, 6) is 1.52. The maximum absolute atomic E-state index is 13.2. The Morgan fingerprint density at radius 3 is 2.62 bits per heavy atom. The van der Waals surface area contributed by atoms with Crippen LogP contribution >= 0.6 is 0 Å². The Morgan fingerprint density at radius 2 is 1.88 bits per heavy atom. The van der Waals surface area contributed by atoms with Crippen LogP contribution in [0.1, 0.15) is 12.7 Å². The predicted molar refractivity (Wildman–Crippen MR) is 95.9 cm³/mol. The quantitative estimate of drug-likeness (QED) is 0.650. The van der Waals surface area contributed by atoms with Crippen LogP contribution in [0.15, 0.2) is 42.5 Å². The summed E-state index contributed by atoms with van der Waals surface area (Å²) in [7, 11) is 0. The topological polar surface area (TPSA) is 76.2 Å². The van der Waals surface area contributed by atoms with Gasteiger partial charge in [0.15, 0.2) is 6.61 Å². The smallest absolute Gasteiger partial charge is 0.257 e. The molecule has 1 aromatic heterocycles. The first kappa shape index (κ1) is 17.7. The van der Waals surface area contributed by atoms with Crippen molar-refractivity contribution in [2.45, 2.75) is 13.3 Å². The van der Waals surface area contributed by atoms with Crippen molar-refractivity contribution in [2.75, 3.05) is 19.8 Å². The summed E-state index contributed by atoms with van der Waals surface area (Å²) in [5.41, 5.74) is 1.34. The van der Waals surface area contributed by atoms with Gasteiger partial charge in [0.05, 0.1) is 17.6 Å². The van der Waals surface area contributed by atoms with E-state index < -0.39 is 0 Å². The predicted octanol–water partition coefficient (Wildman–Crippen LogP) is 2.84. The molecule has 1 amide bonds. The van der Waals surface area contributed by atoms with Gasteiger partial charge in [-0.3, -0.25) is 4.79 Å². The molecule has 2 aromatic carbocycles. The monoisotopic (exact) mass is 357 g/mol. The van der Waals surface area contributed by atoms with Gasteiger partial charge in [-0.15, -0.1) is 0 Å². The van der Waals surface area contributed by atoms with Crippen LogP contribution < -0.4 is 14.8 Å². The summed E-state index contributed by atoms with van der Waals surface area (Å²) in [5, 5.41) is 2.77. The molecule has 2 N–H and O–H groups in total. The van der Waals surface area contributed by atoms with E-state index in [-0.39, 0.29) is 18.3 Å². The first-order valence-corrected chi connectivity index (χ1v) is 8.40. The number of hydrogen-bond donors (Lipinski definition) is 2. The third kappa shape index (κ3) is 4.72. The third-order valence-electron chi connectivity index (χ3n) is 3.68. The summed E-state index contributed by atoms with van der Waals surface area (Å²) >= 11 is 0. The highest BCUT2D eigenvalue weighted by atomic mass is 19.1. The molecule has 0 saturated heterocycles. The second-order valence-corrected chi connectivity index (χ2v) is 5.64. The van der Waals surface area contributed by atoms with Crippen molar-refractivity contribution in [1.29, 1.82) is 0 Å². The summed E-state index contributed by atoms with van der Waals surface area (Å²) in [6.07, 6.45) is 0.519. The van der Waals surface area contributed by atoms with Crippen LogP contribution in [-0.2, 0) is 11.2 Å². The fraction of sp³-hybridized carbons (Fsp3) is 0.263. The number of amides is 1. The Hall–Kier alpha value is -3.09. The van der Waals surface area contributed by atoms with Crippen LogP contribution in [0.3, 0.4) is 0 Å². The van der Waals surface area contributed by atoms with Crippen molar-refractivity contribution < 1.29 is 18.7 Å². The number of fused-ring (bicyclic) bond motifs is 1. The summed E-state index contributed by atoms with van der Waals surface area (Å²) in [6, 6.07) is 11.5. The molecule has 0 fully saturated rings. The number of hydrogen-bond acceptors (Lipinski definition) is 4. The highest BCUT2D eigenvalue weighted by Gasteiger charge is 2.06. The fourth-order valence-corrected chi connectivity index (χ4v) is 2.47. The Morgan fingerprint density at radius 1 is 1.15 bits per heavy atom. The number of carbonyl (C=O) groups excluding carboxylic acids is 1. The zero-order valence-electron chi connectivity index (χ0n) is 14.4. The molecule has 3 aromatic rings. The van der Waals surface area contributed by atoms with Gasteiger partial charge in [-0.25, -0.2) is 9.37 Å². The molecule has 0 bridgehead atoms. The highest BCUT2D eigenvalue weighted by Crippen LogP contribution is 2.17. The van der Waals surface area contributed by atoms with E-state index in [2.05, 4.69) is 15.3 Å². The maximum atomic E-state index is 13.2. The Labute approximate surface area is 150 Å². The van der Waals surface area contributed by atoms with E-state index in [1.807, 2.05) is 6.92 Å². The van der Waals surface area contributed by atoms with Gasteiger partial charge >= 0.3 is 0 Å². The SMILES string of the molecule is CCOc1ccc(OCC(=O)NCCc2nc3ccc(F)cc3[nH]2)cc1. The van der Waals surface area contributed by atoms with Gasteiger partial charge in [-0.05, 0) is 49.4 Å². The maximum Gasteiger partial charge on any atom is 0.257 e. The molecule has 6 nitrogen and oxygen atoms in total. The Kier molecular flexibility index (Phi) is 5.68. The number of ether oxygens (including phenoxy) is 2. The standard InChI is InChI=1S/C19H20FN3O3/c1-2-25-14-4-6-15(7-5-14)26-12-19(24)21-10-9-18-22-16-8-3-13(20)11-17(16)23-18/h3-8,11H,2,9-10,12H2,1H3,(H,21,24)(H,22,23). The number of nitrogens with one attached hydrogen (secondary N) is 2. The van der Waals surface area contributed by atoms with Crippen molar-refractivity contribution in [3.8, 4) is 11.5 Å². The summed E-state index contributed by atoms with van der Waals surface area (Å²) in [6.45, 7) is 2.86. The number of benzene rings is 2. The van der Waals surface area contributed by atoms with Crippen molar-refractivity contribution >= 4 is 16.9 Å². The normalized spacial score (nSPS) is 10.7. The molecule has 7 heteroatoms. The lowest BCUT2D eigenvalue weighted by molar-refractivity contribution is -0.123. The second-order valence-electron chi connectivity index (χ2n) is 5.64. The molecule has 0 aliphatic carbocycles. The summed E-state index contributed by atoms with van der Waals surface area (Å²) < 4.78 is 23.9. The van der Waals surface area contributed by atoms with Gasteiger partial charge in [-0.2, -0.15) is 0 Å². The third-order valence-corrected chi connectivity index (χ3v) is 3.68. The molecule has 0 saturated carbocycles. The molecule has 26 heavy (non-hydrogen) atoms. The number of carbonyl (C=O) groups is 1. The number of H-pyrrole nitrogens is 1. The second kappa shape index (κ2) is 8.33. The molecule has 0 aliphatic rings. The van der Waals surface area contributed by atoms with Crippen molar-refractivity contribution in [3.05, 3.63) is 54.1 Å². The Bertz CT molecular complexity index is 877. The van der Waals surface area contributed by atoms with E-state index in [1.54, 1.807) is 30.3 Å². The molecule has 1 heterocycles. The average Bonchev–Trinajstić information content (AvgIpc) is 3.03. The lowest BCUT2D eigenvalue weighted by Crippen LogP contribution is -2.30. The van der Waals surface area contributed by atoms with E-state index in [1.165, 1.54) is 12.1 Å². The number of aromatic amines is 1. The van der Waals surface area contributed by atoms with Crippen LogP contribution in [0.2, 0.25) is 0 Å². The van der Waals surface area contributed by atoms with Gasteiger partial charge in [-0.1, -0.05) is 0 Å². The zero-order chi connectivity index (χ0) is 18.4. The minimum Gasteiger partial charge on any atom is -0.494 e. The van der Waals surface area contributed by atoms with Gasteiger partial charge < -0.3 is 19.8 Å². The van der Waals surface area contributed by atoms with Gasteiger partial charge in [0.25, 0.3) is 5.91 Å². The van der Waals surface area contributed by atoms with Crippen LogP contribution in [0.25, 0.3) is 11.0 Å². The number of aromatic nitrogens is 2. The number of imidazole rings is 1. The first-order valence-electron chi connectivity index (χ1n) is 8.40. The van der Waals surface area contributed by atoms with Crippen molar-refractivity contribution in [1.82, 2.24) is 15.3 Å². The molecule has 0 atom stereocenters. The lowest BCUT2D eigenvalue weighted by atomic mass is 10.3. The van der Waals surface area contributed by atoms with E-state index in [9.17, 15) is 9.18 Å². The number of rotatable bonds is 8. The summed E-state index contributed by atoms with van der Waals surface area (Å²) in [4.78, 5) is 19.2. The zero-order valence-corrected chi connectivity index (χ0v) is 14.4. The molecule has 136 valence electrons. The van der Waals surface area contributed by atoms with E-state index >= 15 is 0 Å². The average molecular weight is 357 g/mol. The molecule has 0 unspecified atom stereocenters. The van der Waals surface area contributed by atoms with Crippen LogP contribution in [0.4, 0.5) is 4.39 Å². The Balaban J connectivity index is 1.42. The van der Waals surface area contributed by atoms with E-state index in [0.29, 0.717) is 42.2 Å². The number of halogens is 1. The molecular formula is C19H20FN3O3. The molecular weight excluding hydrogens is 337 g/mol. The fourth-order valence-electron chi connectivity index (χ4n) is 2.47. The van der Waals surface area contributed by atoms with E-state index in [4.69, 9.17) is 9.47 Å². The van der Waals surface area contributed by atoms with Gasteiger partial charge in [0.1, 0.15) is 23.1 Å². The van der Waals surface area contributed by atoms with Crippen molar-refractivity contribution in [3.63, 3.8) is 0 Å². The lowest BCUT2D eigenvalue weighted by Gasteiger charge is -2.08. The van der Waals surface area contributed by atoms with Gasteiger partial charge in [0.2, 0.25) is 0 Å². The van der Waals surface area contributed by atoms with Crippen LogP contribution in [0, 0.1) is 5.82 Å². The minimum absolute atomic E-state index is 0.0701. The molecule has 3 rings (SSSR count). The van der Waals surface area contributed by atoms with E-state index in [0.717, 1.165) is 5.75 Å².